The van der Waals surface area contributed by atoms with Gasteiger partial charge in [0.05, 0.1) is 18.5 Å². The van der Waals surface area contributed by atoms with Crippen molar-refractivity contribution in [2.24, 2.45) is 21.6 Å². The third kappa shape index (κ3) is 6.03. The molecule has 3 aliphatic carbocycles. The Balaban J connectivity index is 1.23. The zero-order chi connectivity index (χ0) is 28.5. The maximum absolute atomic E-state index is 11.9. The number of phenolic OH excluding ortho intramolecular Hbond substituents is 1. The first-order chi connectivity index (χ1) is 19.1. The van der Waals surface area contributed by atoms with Crippen LogP contribution in [0.15, 0.2) is 46.9 Å². The monoisotopic (exact) mass is 568 g/mol. The summed E-state index contributed by atoms with van der Waals surface area (Å²) in [4.78, 5) is 1.61. The lowest BCUT2D eigenvalue weighted by Crippen LogP contribution is -2.47. The van der Waals surface area contributed by atoms with E-state index in [0.717, 1.165) is 50.7 Å². The number of sulfonamides is 1. The van der Waals surface area contributed by atoms with Crippen LogP contribution in [0.4, 0.5) is 0 Å². The van der Waals surface area contributed by atoms with Gasteiger partial charge in [0, 0.05) is 14.1 Å². The Morgan fingerprint density at radius 3 is 2.60 bits per heavy atom. The van der Waals surface area contributed by atoms with Gasteiger partial charge < -0.3 is 19.8 Å². The molecule has 7 nitrogen and oxygen atoms in total. The Morgan fingerprint density at radius 1 is 1.07 bits per heavy atom. The van der Waals surface area contributed by atoms with Crippen molar-refractivity contribution in [3.63, 3.8) is 0 Å². The number of nitrogens with zero attached hydrogens (tertiary/aromatic N) is 2. The average Bonchev–Trinajstić information content (AvgIpc) is 3.23. The molecule has 3 aliphatic rings. The van der Waals surface area contributed by atoms with Crippen molar-refractivity contribution in [3.8, 4) is 11.5 Å². The highest BCUT2D eigenvalue weighted by Gasteiger charge is 2.57. The third-order valence-electron chi connectivity index (χ3n) is 9.73. The van der Waals surface area contributed by atoms with Gasteiger partial charge in [-0.05, 0) is 121 Å². The van der Waals surface area contributed by atoms with E-state index in [1.807, 2.05) is 24.3 Å². The Morgan fingerprint density at radius 2 is 1.85 bits per heavy atom. The second-order valence-electron chi connectivity index (χ2n) is 12.6. The Kier molecular flexibility index (Phi) is 8.48. The minimum atomic E-state index is -3.42. The summed E-state index contributed by atoms with van der Waals surface area (Å²) in [6.45, 7) is 2.85. The summed E-state index contributed by atoms with van der Waals surface area (Å²) in [5.74, 6) is 2.96. The molecule has 2 fully saturated rings. The molecule has 0 bridgehead atoms. The van der Waals surface area contributed by atoms with Gasteiger partial charge in [0.15, 0.2) is 0 Å². The number of unbranched alkanes of at least 4 members (excludes halogenated alkanes) is 2. The number of aromatic hydroxyl groups is 1. The minimum Gasteiger partial charge on any atom is -0.508 e. The van der Waals surface area contributed by atoms with E-state index >= 15 is 0 Å². The molecule has 218 valence electrons. The zero-order valence-electron chi connectivity index (χ0n) is 24.0. The van der Waals surface area contributed by atoms with Crippen LogP contribution in [0.3, 0.4) is 0 Å². The van der Waals surface area contributed by atoms with Crippen LogP contribution in [-0.4, -0.2) is 62.4 Å². The van der Waals surface area contributed by atoms with Crippen molar-refractivity contribution in [3.05, 3.63) is 59.2 Å². The molecule has 0 unspecified atom stereocenters. The smallest absolute Gasteiger partial charge is 0.254 e. The van der Waals surface area contributed by atoms with E-state index in [1.165, 1.54) is 23.0 Å². The van der Waals surface area contributed by atoms with Crippen molar-refractivity contribution in [2.75, 3.05) is 26.5 Å². The Bertz CT molecular complexity index is 1310. The van der Waals surface area contributed by atoms with Gasteiger partial charge in [-0.3, -0.25) is 0 Å². The molecule has 0 radical (unpaired) electrons. The van der Waals surface area contributed by atoms with E-state index in [0.29, 0.717) is 42.4 Å². The van der Waals surface area contributed by atoms with Crippen molar-refractivity contribution in [1.29, 1.82) is 0 Å². The second kappa shape index (κ2) is 11.7. The summed E-state index contributed by atoms with van der Waals surface area (Å²) in [5, 5.41) is 21.2. The van der Waals surface area contributed by atoms with Crippen molar-refractivity contribution in [2.45, 2.75) is 76.2 Å². The molecule has 0 aromatic heterocycles. The number of fused-ring (bicyclic) bond motifs is 5. The molecule has 2 N–H and O–H groups in total. The van der Waals surface area contributed by atoms with Crippen molar-refractivity contribution in [1.82, 2.24) is 4.90 Å². The lowest BCUT2D eigenvalue weighted by molar-refractivity contribution is -0.0323. The van der Waals surface area contributed by atoms with Gasteiger partial charge in [-0.2, -0.15) is 4.40 Å². The van der Waals surface area contributed by atoms with Crippen LogP contribution < -0.4 is 4.74 Å². The van der Waals surface area contributed by atoms with Crippen LogP contribution in [0.5, 0.6) is 11.5 Å². The average molecular weight is 569 g/mol. The van der Waals surface area contributed by atoms with Gasteiger partial charge in [-0.1, -0.05) is 25.1 Å². The number of aryl methyl sites for hydroxylation is 1. The largest absolute Gasteiger partial charge is 0.508 e. The summed E-state index contributed by atoms with van der Waals surface area (Å²) in [6.07, 6.45) is 8.22. The highest BCUT2D eigenvalue weighted by Crippen LogP contribution is 2.65. The summed E-state index contributed by atoms with van der Waals surface area (Å²) in [7, 11) is 0.0682. The van der Waals surface area contributed by atoms with Crippen molar-refractivity contribution >= 4 is 16.4 Å². The molecule has 0 saturated heterocycles. The molecule has 2 saturated carbocycles. The van der Waals surface area contributed by atoms with Crippen LogP contribution in [0.25, 0.3) is 0 Å². The van der Waals surface area contributed by atoms with Gasteiger partial charge in [-0.15, -0.1) is 0 Å². The van der Waals surface area contributed by atoms with Crippen molar-refractivity contribution < 1.29 is 23.4 Å². The standard InChI is InChI=1S/C32H44N2O5S/c1-32-20-28(31-26-14-10-24(35)19-23(26)9-13-27(31)29(32)15-16-30(32)36)22-7-11-25(12-8-22)39-17-5-4-6-18-40(37,38)33-21-34(2)3/h7-8,10-12,14,19,21,27-31,35-36H,4-6,9,13,15-18,20H2,1-3H3/b33-21+/t27-,28+,29-,30-,31+,32-/m0/s1. The number of aliphatic hydroxyl groups excluding tert-OH is 1. The number of ether oxygens (including phenoxy) is 1. The normalized spacial score (nSPS) is 29.6. The van der Waals surface area contributed by atoms with Gasteiger partial charge >= 0.3 is 0 Å². The van der Waals surface area contributed by atoms with Gasteiger partial charge in [0.2, 0.25) is 0 Å². The molecule has 0 heterocycles. The molecule has 40 heavy (non-hydrogen) atoms. The van der Waals surface area contributed by atoms with E-state index in [9.17, 15) is 18.6 Å². The molecular formula is C32H44N2O5S. The predicted molar refractivity (Wildman–Crippen MR) is 159 cm³/mol. The molecular weight excluding hydrogens is 524 g/mol. The molecule has 0 amide bonds. The molecule has 2 aromatic carbocycles. The SMILES string of the molecule is CN(C)/C=N/S(=O)(=O)CCCCCOc1ccc([C@H]2C[C@]3(C)[C@@H](O)CC[C@H]3[C@@H]3CCc4cc(O)ccc4[C@H]32)cc1. The quantitative estimate of drug-likeness (QED) is 0.224. The van der Waals surface area contributed by atoms with Gasteiger partial charge in [0.1, 0.15) is 17.8 Å². The molecule has 0 spiro atoms. The lowest BCUT2D eigenvalue weighted by Gasteiger charge is -2.54. The maximum atomic E-state index is 11.9. The highest BCUT2D eigenvalue weighted by molar-refractivity contribution is 7.90. The maximum Gasteiger partial charge on any atom is 0.254 e. The lowest BCUT2D eigenvalue weighted by atomic mass is 9.51. The third-order valence-corrected chi connectivity index (χ3v) is 10.9. The van der Waals surface area contributed by atoms with Crippen LogP contribution in [0, 0.1) is 17.3 Å². The number of hydrogen-bond acceptors (Lipinski definition) is 5. The van der Waals surface area contributed by atoms with Gasteiger partial charge in [-0.25, -0.2) is 8.42 Å². The number of aliphatic hydroxyl groups is 1. The van der Waals surface area contributed by atoms with E-state index < -0.39 is 10.0 Å². The summed E-state index contributed by atoms with van der Waals surface area (Å²) in [6, 6.07) is 14.4. The van der Waals surface area contributed by atoms with E-state index in [4.69, 9.17) is 4.74 Å². The molecule has 5 rings (SSSR count). The number of benzene rings is 2. The van der Waals surface area contributed by atoms with E-state index in [2.05, 4.69) is 29.5 Å². The molecule has 2 aromatic rings. The number of rotatable bonds is 10. The first-order valence-corrected chi connectivity index (χ1v) is 16.4. The summed E-state index contributed by atoms with van der Waals surface area (Å²) < 4.78 is 33.5. The molecule has 8 heteroatoms. The summed E-state index contributed by atoms with van der Waals surface area (Å²) >= 11 is 0. The van der Waals surface area contributed by atoms with E-state index in [1.54, 1.807) is 19.0 Å². The fraction of sp³-hybridized carbons (Fsp3) is 0.594. The Labute approximate surface area is 239 Å². The molecule has 0 aliphatic heterocycles. The second-order valence-corrected chi connectivity index (χ2v) is 14.4. The predicted octanol–water partition coefficient (Wildman–Crippen LogP) is 5.47. The first-order valence-electron chi connectivity index (χ1n) is 14.7. The fourth-order valence-corrected chi connectivity index (χ4v) is 8.78. The fourth-order valence-electron chi connectivity index (χ4n) is 7.78. The number of phenols is 1. The molecule has 6 atom stereocenters. The Hall–Kier alpha value is -2.58. The highest BCUT2D eigenvalue weighted by atomic mass is 32.2. The topological polar surface area (TPSA) is 99.4 Å². The van der Waals surface area contributed by atoms with Crippen LogP contribution in [-0.2, 0) is 16.4 Å². The zero-order valence-corrected chi connectivity index (χ0v) is 24.8. The minimum absolute atomic E-state index is 0.0484. The van der Waals surface area contributed by atoms with E-state index in [-0.39, 0.29) is 17.3 Å². The first kappa shape index (κ1) is 28.9. The summed E-state index contributed by atoms with van der Waals surface area (Å²) in [5.41, 5.74) is 3.86. The van der Waals surface area contributed by atoms with Crippen LogP contribution >= 0.6 is 0 Å². The van der Waals surface area contributed by atoms with Crippen LogP contribution in [0.1, 0.15) is 80.4 Å². The van der Waals surface area contributed by atoms with Gasteiger partial charge in [0.25, 0.3) is 10.0 Å². The number of hydrogen-bond donors (Lipinski definition) is 2. The van der Waals surface area contributed by atoms with Crippen LogP contribution in [0.2, 0.25) is 0 Å².